The molecule has 3 aliphatic carbocycles. The number of rotatable bonds is 8. The fraction of sp³-hybridized carbons (Fsp3) is 0.857. The monoisotopic (exact) mass is 220 g/mol. The van der Waals surface area contributed by atoms with E-state index in [1.165, 1.54) is 50.6 Å². The SMILES string of the molecule is C=C(CNC1CC1)CN(CC1CC1)C1CC1. The molecule has 3 aliphatic rings. The van der Waals surface area contributed by atoms with Crippen LogP contribution in [0.2, 0.25) is 0 Å². The van der Waals surface area contributed by atoms with Gasteiger partial charge < -0.3 is 5.32 Å². The van der Waals surface area contributed by atoms with Crippen LogP contribution in [0.3, 0.4) is 0 Å². The largest absolute Gasteiger partial charge is 0.310 e. The van der Waals surface area contributed by atoms with Gasteiger partial charge in [-0.2, -0.15) is 0 Å². The van der Waals surface area contributed by atoms with Crippen molar-refractivity contribution in [2.45, 2.75) is 50.6 Å². The molecule has 0 saturated heterocycles. The van der Waals surface area contributed by atoms with Crippen LogP contribution in [0.5, 0.6) is 0 Å². The Morgan fingerprint density at radius 1 is 1.12 bits per heavy atom. The Hall–Kier alpha value is -0.340. The Labute approximate surface area is 99.1 Å². The summed E-state index contributed by atoms with van der Waals surface area (Å²) < 4.78 is 0. The summed E-state index contributed by atoms with van der Waals surface area (Å²) in [6.45, 7) is 7.75. The summed E-state index contributed by atoms with van der Waals surface area (Å²) in [7, 11) is 0. The summed E-state index contributed by atoms with van der Waals surface area (Å²) in [4.78, 5) is 2.69. The Morgan fingerprint density at radius 2 is 1.88 bits per heavy atom. The lowest BCUT2D eigenvalue weighted by Crippen LogP contribution is -2.33. The van der Waals surface area contributed by atoms with Crippen molar-refractivity contribution in [2.75, 3.05) is 19.6 Å². The third kappa shape index (κ3) is 3.33. The van der Waals surface area contributed by atoms with Crippen LogP contribution < -0.4 is 5.32 Å². The minimum Gasteiger partial charge on any atom is -0.310 e. The summed E-state index contributed by atoms with van der Waals surface area (Å²) in [6.07, 6.45) is 8.54. The molecule has 0 aromatic rings. The zero-order valence-corrected chi connectivity index (χ0v) is 10.3. The van der Waals surface area contributed by atoms with Crippen molar-refractivity contribution in [3.8, 4) is 0 Å². The second kappa shape index (κ2) is 4.50. The van der Waals surface area contributed by atoms with E-state index in [2.05, 4.69) is 16.8 Å². The Bertz CT molecular complexity index is 262. The Morgan fingerprint density at radius 3 is 2.44 bits per heavy atom. The molecule has 1 N–H and O–H groups in total. The summed E-state index contributed by atoms with van der Waals surface area (Å²) in [5.74, 6) is 1.02. The number of hydrogen-bond donors (Lipinski definition) is 1. The highest BCUT2D eigenvalue weighted by atomic mass is 15.2. The second-order valence-corrected chi connectivity index (χ2v) is 6.01. The predicted octanol–water partition coefficient (Wildman–Crippen LogP) is 2.17. The zero-order chi connectivity index (χ0) is 11.0. The molecule has 3 fully saturated rings. The van der Waals surface area contributed by atoms with Gasteiger partial charge in [-0.25, -0.2) is 0 Å². The topological polar surface area (TPSA) is 15.3 Å². The van der Waals surface area contributed by atoms with E-state index in [4.69, 9.17) is 0 Å². The van der Waals surface area contributed by atoms with Crippen molar-refractivity contribution in [3.63, 3.8) is 0 Å². The lowest BCUT2D eigenvalue weighted by Gasteiger charge is -2.23. The third-order valence-electron chi connectivity index (χ3n) is 3.90. The molecule has 2 nitrogen and oxygen atoms in total. The molecule has 2 heteroatoms. The first-order valence-corrected chi connectivity index (χ1v) is 6.95. The van der Waals surface area contributed by atoms with Gasteiger partial charge in [0.05, 0.1) is 0 Å². The summed E-state index contributed by atoms with van der Waals surface area (Å²) >= 11 is 0. The van der Waals surface area contributed by atoms with Crippen molar-refractivity contribution in [1.82, 2.24) is 10.2 Å². The first-order chi connectivity index (χ1) is 7.81. The van der Waals surface area contributed by atoms with Crippen LogP contribution in [0.4, 0.5) is 0 Å². The van der Waals surface area contributed by atoms with Gasteiger partial charge >= 0.3 is 0 Å². The predicted molar refractivity (Wildman–Crippen MR) is 67.5 cm³/mol. The van der Waals surface area contributed by atoms with Gasteiger partial charge in [-0.05, 0) is 50.0 Å². The number of nitrogens with one attached hydrogen (secondary N) is 1. The Balaban J connectivity index is 1.39. The quantitative estimate of drug-likeness (QED) is 0.631. The van der Waals surface area contributed by atoms with Gasteiger partial charge in [-0.15, -0.1) is 0 Å². The van der Waals surface area contributed by atoms with Crippen molar-refractivity contribution < 1.29 is 0 Å². The summed E-state index contributed by atoms with van der Waals surface area (Å²) in [6, 6.07) is 1.72. The van der Waals surface area contributed by atoms with Crippen LogP contribution in [-0.2, 0) is 0 Å². The molecule has 0 aliphatic heterocycles. The normalized spacial score (nSPS) is 25.1. The standard InChI is InChI=1S/C14H24N2/c1-11(8-15-13-4-5-13)9-16(14-6-7-14)10-12-2-3-12/h12-15H,1-10H2. The van der Waals surface area contributed by atoms with E-state index in [1.807, 2.05) is 0 Å². The first kappa shape index (κ1) is 10.8. The minimum absolute atomic E-state index is 0.814. The maximum Gasteiger partial charge on any atom is 0.0205 e. The van der Waals surface area contributed by atoms with E-state index in [9.17, 15) is 0 Å². The number of hydrogen-bond acceptors (Lipinski definition) is 2. The molecule has 0 spiro atoms. The van der Waals surface area contributed by atoms with Gasteiger partial charge in [-0.3, -0.25) is 4.90 Å². The van der Waals surface area contributed by atoms with Gasteiger partial charge in [0.25, 0.3) is 0 Å². The zero-order valence-electron chi connectivity index (χ0n) is 10.3. The molecule has 0 atom stereocenters. The first-order valence-electron chi connectivity index (χ1n) is 6.95. The average molecular weight is 220 g/mol. The van der Waals surface area contributed by atoms with Gasteiger partial charge in [0, 0.05) is 31.7 Å². The maximum absolute atomic E-state index is 4.23. The minimum atomic E-state index is 0.814. The summed E-state index contributed by atoms with van der Waals surface area (Å²) in [5, 5.41) is 3.56. The lowest BCUT2D eigenvalue weighted by molar-refractivity contribution is 0.272. The van der Waals surface area contributed by atoms with E-state index < -0.39 is 0 Å². The molecule has 0 aromatic carbocycles. The van der Waals surface area contributed by atoms with Crippen LogP contribution in [0, 0.1) is 5.92 Å². The smallest absolute Gasteiger partial charge is 0.0205 e. The highest BCUT2D eigenvalue weighted by Gasteiger charge is 2.33. The van der Waals surface area contributed by atoms with Crippen LogP contribution in [0.1, 0.15) is 38.5 Å². The molecule has 0 aromatic heterocycles. The molecular formula is C14H24N2. The molecule has 16 heavy (non-hydrogen) atoms. The third-order valence-corrected chi connectivity index (χ3v) is 3.90. The van der Waals surface area contributed by atoms with Crippen molar-refractivity contribution >= 4 is 0 Å². The highest BCUT2D eigenvalue weighted by molar-refractivity contribution is 5.04. The van der Waals surface area contributed by atoms with Crippen molar-refractivity contribution in [1.29, 1.82) is 0 Å². The molecule has 90 valence electrons. The van der Waals surface area contributed by atoms with Gasteiger partial charge in [0.2, 0.25) is 0 Å². The van der Waals surface area contributed by atoms with E-state index in [1.54, 1.807) is 0 Å². The van der Waals surface area contributed by atoms with Crippen LogP contribution >= 0.6 is 0 Å². The fourth-order valence-corrected chi connectivity index (χ4v) is 2.33. The van der Waals surface area contributed by atoms with Crippen molar-refractivity contribution in [3.05, 3.63) is 12.2 Å². The molecule has 0 radical (unpaired) electrons. The van der Waals surface area contributed by atoms with Gasteiger partial charge in [-0.1, -0.05) is 6.58 Å². The van der Waals surface area contributed by atoms with Gasteiger partial charge in [0.15, 0.2) is 0 Å². The maximum atomic E-state index is 4.23. The molecule has 0 heterocycles. The Kier molecular flexibility index (Phi) is 3.03. The van der Waals surface area contributed by atoms with E-state index >= 15 is 0 Å². The molecule has 3 rings (SSSR count). The fourth-order valence-electron chi connectivity index (χ4n) is 2.33. The van der Waals surface area contributed by atoms with Crippen LogP contribution in [0.15, 0.2) is 12.2 Å². The molecule has 0 bridgehead atoms. The van der Waals surface area contributed by atoms with Crippen molar-refractivity contribution in [2.24, 2.45) is 5.92 Å². The molecule has 0 amide bonds. The van der Waals surface area contributed by atoms with Crippen LogP contribution in [0.25, 0.3) is 0 Å². The molecule has 3 saturated carbocycles. The molecular weight excluding hydrogens is 196 g/mol. The summed E-state index contributed by atoms with van der Waals surface area (Å²) in [5.41, 5.74) is 1.39. The average Bonchev–Trinajstić information content (AvgIpc) is 3.14. The highest BCUT2D eigenvalue weighted by Crippen LogP contribution is 2.35. The van der Waals surface area contributed by atoms with Crippen LogP contribution in [-0.4, -0.2) is 36.6 Å². The lowest BCUT2D eigenvalue weighted by atomic mass is 10.2. The molecule has 0 unspecified atom stereocenters. The van der Waals surface area contributed by atoms with E-state index in [-0.39, 0.29) is 0 Å². The van der Waals surface area contributed by atoms with E-state index in [0.29, 0.717) is 0 Å². The van der Waals surface area contributed by atoms with E-state index in [0.717, 1.165) is 31.1 Å². The number of nitrogens with zero attached hydrogens (tertiary/aromatic N) is 1. The van der Waals surface area contributed by atoms with Gasteiger partial charge in [0.1, 0.15) is 0 Å². The second-order valence-electron chi connectivity index (χ2n) is 6.01.